The Morgan fingerprint density at radius 1 is 1.53 bits per heavy atom. The zero-order valence-electron chi connectivity index (χ0n) is 11.3. The first-order valence-electron chi connectivity index (χ1n) is 5.98. The molecule has 0 atom stereocenters. The van der Waals surface area contributed by atoms with E-state index in [0.717, 1.165) is 23.9 Å². The van der Waals surface area contributed by atoms with E-state index >= 15 is 0 Å². The number of carbonyl (C=O) groups excluding carboxylic acids is 1. The van der Waals surface area contributed by atoms with Crippen LogP contribution in [-0.4, -0.2) is 32.3 Å². The number of hydrogen-bond donors (Lipinski definition) is 2. The van der Waals surface area contributed by atoms with Crippen LogP contribution in [0.5, 0.6) is 0 Å². The van der Waals surface area contributed by atoms with Gasteiger partial charge < -0.3 is 15.4 Å². The van der Waals surface area contributed by atoms with Gasteiger partial charge in [-0.05, 0) is 20.3 Å². The lowest BCUT2D eigenvalue weighted by Crippen LogP contribution is -2.34. The Bertz CT molecular complexity index is 483. The van der Waals surface area contributed by atoms with Crippen molar-refractivity contribution in [3.63, 3.8) is 0 Å². The topological polar surface area (TPSA) is 98.2 Å². The maximum absolute atomic E-state index is 11.2. The second-order valence-electron chi connectivity index (χ2n) is 4.86. The standard InChI is InChI=1S/C12H19N3O3S/c1-4-8-6-14-11(19-7-10(17)18)15(8)12(2,3)5-9(13)16/h6H,4-5,7H2,1-3H3,(H2,13,16)(H,17,18). The number of carbonyl (C=O) groups is 2. The van der Waals surface area contributed by atoms with Crippen LogP contribution in [0.15, 0.2) is 11.4 Å². The van der Waals surface area contributed by atoms with Crippen LogP contribution >= 0.6 is 11.8 Å². The molecule has 106 valence electrons. The van der Waals surface area contributed by atoms with E-state index in [1.807, 2.05) is 25.3 Å². The fourth-order valence-electron chi connectivity index (χ4n) is 2.00. The third kappa shape index (κ3) is 3.99. The summed E-state index contributed by atoms with van der Waals surface area (Å²) >= 11 is 1.15. The molecule has 0 aliphatic rings. The Morgan fingerprint density at radius 3 is 2.63 bits per heavy atom. The van der Waals surface area contributed by atoms with E-state index in [0.29, 0.717) is 5.16 Å². The molecular formula is C12H19N3O3S. The number of amides is 1. The van der Waals surface area contributed by atoms with Gasteiger partial charge in [-0.25, -0.2) is 4.98 Å². The smallest absolute Gasteiger partial charge is 0.313 e. The van der Waals surface area contributed by atoms with Crippen molar-refractivity contribution in [2.75, 3.05) is 5.75 Å². The van der Waals surface area contributed by atoms with Crippen LogP contribution < -0.4 is 5.73 Å². The van der Waals surface area contributed by atoms with Crippen molar-refractivity contribution in [1.29, 1.82) is 0 Å². The number of imidazole rings is 1. The number of aliphatic carboxylic acids is 1. The number of nitrogens with zero attached hydrogens (tertiary/aromatic N) is 2. The van der Waals surface area contributed by atoms with E-state index in [9.17, 15) is 9.59 Å². The molecule has 0 unspecified atom stereocenters. The van der Waals surface area contributed by atoms with E-state index in [1.165, 1.54) is 0 Å². The average molecular weight is 285 g/mol. The molecule has 1 heterocycles. The van der Waals surface area contributed by atoms with Crippen LogP contribution in [0.2, 0.25) is 0 Å². The van der Waals surface area contributed by atoms with Crippen LogP contribution in [-0.2, 0) is 21.5 Å². The monoisotopic (exact) mass is 285 g/mol. The highest BCUT2D eigenvalue weighted by Gasteiger charge is 2.28. The predicted molar refractivity (Wildman–Crippen MR) is 73.1 cm³/mol. The summed E-state index contributed by atoms with van der Waals surface area (Å²) in [5, 5.41) is 9.35. The summed E-state index contributed by atoms with van der Waals surface area (Å²) in [7, 11) is 0. The molecule has 1 aromatic heterocycles. The summed E-state index contributed by atoms with van der Waals surface area (Å²) in [5.74, 6) is -1.35. The van der Waals surface area contributed by atoms with Crippen molar-refractivity contribution in [3.8, 4) is 0 Å². The number of primary amides is 1. The van der Waals surface area contributed by atoms with Gasteiger partial charge in [0.2, 0.25) is 5.91 Å². The SMILES string of the molecule is CCc1cnc(SCC(=O)O)n1C(C)(C)CC(N)=O. The van der Waals surface area contributed by atoms with Gasteiger partial charge in [-0.2, -0.15) is 0 Å². The van der Waals surface area contributed by atoms with Crippen molar-refractivity contribution in [3.05, 3.63) is 11.9 Å². The number of aromatic nitrogens is 2. The Labute approximate surface area is 116 Å². The first kappa shape index (κ1) is 15.6. The molecule has 3 N–H and O–H groups in total. The van der Waals surface area contributed by atoms with Crippen LogP contribution in [0.4, 0.5) is 0 Å². The second-order valence-corrected chi connectivity index (χ2v) is 5.80. The number of aryl methyl sites for hydroxylation is 1. The first-order chi connectivity index (χ1) is 8.77. The zero-order valence-corrected chi connectivity index (χ0v) is 12.2. The van der Waals surface area contributed by atoms with Gasteiger partial charge in [0.05, 0.1) is 5.75 Å². The van der Waals surface area contributed by atoms with Crippen LogP contribution in [0.25, 0.3) is 0 Å². The fraction of sp³-hybridized carbons (Fsp3) is 0.583. The van der Waals surface area contributed by atoms with Crippen molar-refractivity contribution >= 4 is 23.6 Å². The molecule has 7 heteroatoms. The molecule has 1 rings (SSSR count). The van der Waals surface area contributed by atoms with E-state index in [2.05, 4.69) is 4.98 Å². The quantitative estimate of drug-likeness (QED) is 0.734. The normalized spacial score (nSPS) is 11.5. The summed E-state index contributed by atoms with van der Waals surface area (Å²) in [4.78, 5) is 26.1. The van der Waals surface area contributed by atoms with Gasteiger partial charge in [0.1, 0.15) is 0 Å². The summed E-state index contributed by atoms with van der Waals surface area (Å²) < 4.78 is 1.91. The highest BCUT2D eigenvalue weighted by Crippen LogP contribution is 2.29. The lowest BCUT2D eigenvalue weighted by atomic mass is 9.99. The van der Waals surface area contributed by atoms with Crippen LogP contribution in [0, 0.1) is 0 Å². The molecule has 0 aliphatic heterocycles. The third-order valence-corrected chi connectivity index (χ3v) is 3.64. The zero-order chi connectivity index (χ0) is 14.6. The van der Waals surface area contributed by atoms with Crippen LogP contribution in [0.1, 0.15) is 32.9 Å². The molecule has 0 radical (unpaired) electrons. The summed E-state index contributed by atoms with van der Waals surface area (Å²) in [5.41, 5.74) is 5.71. The van der Waals surface area contributed by atoms with Crippen molar-refractivity contribution in [1.82, 2.24) is 9.55 Å². The van der Waals surface area contributed by atoms with Crippen molar-refractivity contribution in [2.24, 2.45) is 5.73 Å². The summed E-state index contributed by atoms with van der Waals surface area (Å²) in [6, 6.07) is 0. The van der Waals surface area contributed by atoms with Crippen LogP contribution in [0.3, 0.4) is 0 Å². The molecular weight excluding hydrogens is 266 g/mol. The van der Waals surface area contributed by atoms with Gasteiger partial charge in [0, 0.05) is 23.9 Å². The maximum atomic E-state index is 11.2. The fourth-order valence-corrected chi connectivity index (χ4v) is 2.87. The van der Waals surface area contributed by atoms with E-state index in [4.69, 9.17) is 10.8 Å². The lowest BCUT2D eigenvalue weighted by Gasteiger charge is -2.29. The molecule has 0 spiro atoms. The molecule has 0 aliphatic carbocycles. The van der Waals surface area contributed by atoms with Crippen molar-refractivity contribution < 1.29 is 14.7 Å². The van der Waals surface area contributed by atoms with E-state index in [1.54, 1.807) is 6.20 Å². The highest BCUT2D eigenvalue weighted by atomic mass is 32.2. The first-order valence-corrected chi connectivity index (χ1v) is 6.96. The van der Waals surface area contributed by atoms with Gasteiger partial charge in [-0.1, -0.05) is 18.7 Å². The maximum Gasteiger partial charge on any atom is 0.313 e. The number of nitrogens with two attached hydrogens (primary N) is 1. The molecule has 19 heavy (non-hydrogen) atoms. The minimum atomic E-state index is -0.898. The average Bonchev–Trinajstić information content (AvgIpc) is 2.68. The number of thioether (sulfide) groups is 1. The minimum Gasteiger partial charge on any atom is -0.481 e. The number of carboxylic acids is 1. The summed E-state index contributed by atoms with van der Waals surface area (Å²) in [6.07, 6.45) is 2.65. The molecule has 0 saturated heterocycles. The highest BCUT2D eigenvalue weighted by molar-refractivity contribution is 7.99. The second kappa shape index (κ2) is 6.10. The largest absolute Gasteiger partial charge is 0.481 e. The third-order valence-electron chi connectivity index (χ3n) is 2.70. The lowest BCUT2D eigenvalue weighted by molar-refractivity contribution is -0.134. The molecule has 6 nitrogen and oxygen atoms in total. The van der Waals surface area contributed by atoms with Gasteiger partial charge in [-0.15, -0.1) is 0 Å². The Kier molecular flexibility index (Phi) is 4.99. The molecule has 1 aromatic rings. The van der Waals surface area contributed by atoms with Gasteiger partial charge in [0.25, 0.3) is 0 Å². The molecule has 0 fully saturated rings. The summed E-state index contributed by atoms with van der Waals surface area (Å²) in [6.45, 7) is 5.77. The Hall–Kier alpha value is -1.50. The van der Waals surface area contributed by atoms with Gasteiger partial charge in [0.15, 0.2) is 5.16 Å². The molecule has 0 aromatic carbocycles. The molecule has 0 bridgehead atoms. The minimum absolute atomic E-state index is 0.0627. The molecule has 0 saturated carbocycles. The van der Waals surface area contributed by atoms with E-state index < -0.39 is 17.4 Å². The van der Waals surface area contributed by atoms with Crippen molar-refractivity contribution in [2.45, 2.75) is 44.3 Å². The molecule has 1 amide bonds. The van der Waals surface area contributed by atoms with Gasteiger partial charge in [-0.3, -0.25) is 9.59 Å². The number of rotatable bonds is 7. The van der Waals surface area contributed by atoms with E-state index in [-0.39, 0.29) is 12.2 Å². The Morgan fingerprint density at radius 2 is 2.16 bits per heavy atom. The predicted octanol–water partition coefficient (Wildman–Crippen LogP) is 1.23. The Balaban J connectivity index is 3.11. The number of carboxylic acid groups (broad SMARTS) is 1. The van der Waals surface area contributed by atoms with Gasteiger partial charge >= 0.3 is 5.97 Å². The number of hydrogen-bond acceptors (Lipinski definition) is 4.